The fraction of sp³-hybridized carbons (Fsp3) is 0.571. The zero-order valence-corrected chi connectivity index (χ0v) is 11.9. The molecule has 1 aromatic rings. The van der Waals surface area contributed by atoms with Crippen molar-refractivity contribution in [1.82, 2.24) is 14.8 Å². The van der Waals surface area contributed by atoms with Gasteiger partial charge in [-0.15, -0.1) is 0 Å². The summed E-state index contributed by atoms with van der Waals surface area (Å²) in [5.74, 6) is 0.959. The van der Waals surface area contributed by atoms with Crippen molar-refractivity contribution in [2.24, 2.45) is 5.92 Å². The van der Waals surface area contributed by atoms with E-state index in [0.717, 1.165) is 31.3 Å². The van der Waals surface area contributed by atoms with Crippen molar-refractivity contribution >= 4 is 17.3 Å². The Kier molecular flexibility index (Phi) is 3.31. The summed E-state index contributed by atoms with van der Waals surface area (Å²) in [5.41, 5.74) is 1.31. The molecule has 1 N–H and O–H groups in total. The van der Waals surface area contributed by atoms with E-state index < -0.39 is 0 Å². The first-order chi connectivity index (χ1) is 9.19. The van der Waals surface area contributed by atoms with E-state index in [1.54, 1.807) is 6.07 Å². The van der Waals surface area contributed by atoms with Crippen LogP contribution in [0.25, 0.3) is 0 Å². The van der Waals surface area contributed by atoms with Gasteiger partial charge in [0, 0.05) is 43.9 Å². The lowest BCUT2D eigenvalue weighted by Crippen LogP contribution is -2.51. The molecule has 19 heavy (non-hydrogen) atoms. The van der Waals surface area contributed by atoms with E-state index in [-0.39, 0.29) is 5.56 Å². The van der Waals surface area contributed by atoms with E-state index in [4.69, 9.17) is 12.2 Å². The first-order valence-corrected chi connectivity index (χ1v) is 7.32. The van der Waals surface area contributed by atoms with Gasteiger partial charge in [-0.25, -0.2) is 0 Å². The summed E-state index contributed by atoms with van der Waals surface area (Å²) in [6.45, 7) is 5.64. The Morgan fingerprint density at radius 1 is 1.42 bits per heavy atom. The zero-order chi connectivity index (χ0) is 13.4. The average Bonchev–Trinajstić information content (AvgIpc) is 2.40. The molecular weight excluding hydrogens is 258 g/mol. The third kappa shape index (κ3) is 2.27. The number of nitrogens with zero attached hydrogens (tertiary/aromatic N) is 2. The van der Waals surface area contributed by atoms with E-state index >= 15 is 0 Å². The van der Waals surface area contributed by atoms with E-state index in [9.17, 15) is 4.79 Å². The van der Waals surface area contributed by atoms with Crippen LogP contribution in [0.5, 0.6) is 0 Å². The largest absolute Gasteiger partial charge is 0.363 e. The molecule has 0 unspecified atom stereocenters. The van der Waals surface area contributed by atoms with Gasteiger partial charge in [0.05, 0.1) is 0 Å². The molecule has 0 aliphatic carbocycles. The molecule has 5 heteroatoms. The Labute approximate surface area is 118 Å². The highest BCUT2D eigenvalue weighted by molar-refractivity contribution is 7.80. The molecule has 4 nitrogen and oxygen atoms in total. The van der Waals surface area contributed by atoms with Crippen LogP contribution in [0.15, 0.2) is 23.0 Å². The standard InChI is InChI=1S/C14H19N3OS/c1-2-15-14(19)16-7-10-6-11(9-16)12-4-3-5-13(18)17(12)8-10/h3-5,10-11H,2,6-9H2,1H3,(H,15,19)/t10-,11-/m0/s1. The van der Waals surface area contributed by atoms with Crippen molar-refractivity contribution in [3.05, 3.63) is 34.2 Å². The maximum Gasteiger partial charge on any atom is 0.250 e. The molecule has 2 bridgehead atoms. The van der Waals surface area contributed by atoms with Crippen LogP contribution in [0.2, 0.25) is 0 Å². The minimum absolute atomic E-state index is 0.134. The molecule has 0 aromatic carbocycles. The maximum atomic E-state index is 11.9. The molecule has 0 amide bonds. The van der Waals surface area contributed by atoms with Gasteiger partial charge in [0.15, 0.2) is 5.11 Å². The van der Waals surface area contributed by atoms with Crippen molar-refractivity contribution in [2.75, 3.05) is 19.6 Å². The Bertz CT molecular complexity index is 554. The number of pyridine rings is 1. The second kappa shape index (κ2) is 4.96. The number of nitrogens with one attached hydrogen (secondary N) is 1. The topological polar surface area (TPSA) is 37.3 Å². The summed E-state index contributed by atoms with van der Waals surface area (Å²) in [4.78, 5) is 14.2. The number of likely N-dealkylation sites (tertiary alicyclic amines) is 1. The first-order valence-electron chi connectivity index (χ1n) is 6.91. The van der Waals surface area contributed by atoms with Gasteiger partial charge in [0.25, 0.3) is 5.56 Å². The number of piperidine rings is 1. The summed E-state index contributed by atoms with van der Waals surface area (Å²) >= 11 is 5.42. The number of thiocarbonyl (C=S) groups is 1. The summed E-state index contributed by atoms with van der Waals surface area (Å²) in [7, 11) is 0. The predicted molar refractivity (Wildman–Crippen MR) is 79.4 cm³/mol. The molecule has 3 rings (SSSR count). The van der Waals surface area contributed by atoms with Gasteiger partial charge in [0.2, 0.25) is 0 Å². The molecule has 2 atom stereocenters. The van der Waals surface area contributed by atoms with E-state index in [1.807, 2.05) is 10.6 Å². The van der Waals surface area contributed by atoms with Crippen LogP contribution >= 0.6 is 12.2 Å². The predicted octanol–water partition coefficient (Wildman–Crippen LogP) is 1.16. The van der Waals surface area contributed by atoms with Gasteiger partial charge in [-0.3, -0.25) is 4.79 Å². The van der Waals surface area contributed by atoms with E-state index in [0.29, 0.717) is 11.8 Å². The number of aromatic nitrogens is 1. The van der Waals surface area contributed by atoms with Crippen LogP contribution in [0, 0.1) is 5.92 Å². The van der Waals surface area contributed by atoms with Crippen LogP contribution in [0.3, 0.4) is 0 Å². The third-order valence-corrected chi connectivity index (χ3v) is 4.50. The normalized spacial score (nSPS) is 24.8. The van der Waals surface area contributed by atoms with Crippen LogP contribution in [0.4, 0.5) is 0 Å². The lowest BCUT2D eigenvalue weighted by Gasteiger charge is -2.43. The summed E-state index contributed by atoms with van der Waals surface area (Å²) in [5, 5.41) is 4.08. The summed E-state index contributed by atoms with van der Waals surface area (Å²) < 4.78 is 1.95. The number of hydrogen-bond acceptors (Lipinski definition) is 2. The van der Waals surface area contributed by atoms with Crippen molar-refractivity contribution in [3.63, 3.8) is 0 Å². The van der Waals surface area contributed by atoms with Crippen molar-refractivity contribution in [1.29, 1.82) is 0 Å². The minimum atomic E-state index is 0.134. The molecule has 0 spiro atoms. The van der Waals surface area contributed by atoms with Crippen molar-refractivity contribution in [2.45, 2.75) is 25.8 Å². The lowest BCUT2D eigenvalue weighted by atomic mass is 9.83. The van der Waals surface area contributed by atoms with Gasteiger partial charge in [-0.1, -0.05) is 6.07 Å². The van der Waals surface area contributed by atoms with Crippen LogP contribution in [-0.4, -0.2) is 34.2 Å². The Hall–Kier alpha value is -1.36. The molecule has 0 saturated carbocycles. The summed E-state index contributed by atoms with van der Waals surface area (Å²) in [6.07, 6.45) is 1.18. The number of fused-ring (bicyclic) bond motifs is 4. The second-order valence-corrected chi connectivity index (χ2v) is 5.83. The van der Waals surface area contributed by atoms with Crippen LogP contribution < -0.4 is 10.9 Å². The smallest absolute Gasteiger partial charge is 0.250 e. The zero-order valence-electron chi connectivity index (χ0n) is 11.1. The molecule has 2 aliphatic rings. The molecule has 3 heterocycles. The van der Waals surface area contributed by atoms with Crippen molar-refractivity contribution < 1.29 is 0 Å². The molecule has 2 aliphatic heterocycles. The average molecular weight is 277 g/mol. The lowest BCUT2D eigenvalue weighted by molar-refractivity contribution is 0.177. The summed E-state index contributed by atoms with van der Waals surface area (Å²) in [6, 6.07) is 5.61. The molecule has 1 aromatic heterocycles. The highest BCUT2D eigenvalue weighted by Crippen LogP contribution is 2.34. The number of rotatable bonds is 1. The molecule has 0 radical (unpaired) electrons. The van der Waals surface area contributed by atoms with Gasteiger partial charge in [0.1, 0.15) is 0 Å². The molecule has 1 fully saturated rings. The minimum Gasteiger partial charge on any atom is -0.363 e. The number of hydrogen-bond donors (Lipinski definition) is 1. The second-order valence-electron chi connectivity index (χ2n) is 5.44. The van der Waals surface area contributed by atoms with E-state index in [1.165, 1.54) is 12.1 Å². The van der Waals surface area contributed by atoms with Gasteiger partial charge >= 0.3 is 0 Å². The fourth-order valence-corrected chi connectivity index (χ4v) is 3.62. The fourth-order valence-electron chi connectivity index (χ4n) is 3.33. The molecule has 1 saturated heterocycles. The molecular formula is C14H19N3OS. The van der Waals surface area contributed by atoms with Crippen LogP contribution in [-0.2, 0) is 6.54 Å². The van der Waals surface area contributed by atoms with Gasteiger partial charge in [-0.2, -0.15) is 0 Å². The Balaban J connectivity index is 1.88. The highest BCUT2D eigenvalue weighted by Gasteiger charge is 2.35. The highest BCUT2D eigenvalue weighted by atomic mass is 32.1. The SMILES string of the molecule is CCNC(=S)N1C[C@@H]2C[C@@H](C1)c1cccc(=O)n1C2. The Morgan fingerprint density at radius 3 is 3.05 bits per heavy atom. The van der Waals surface area contributed by atoms with Gasteiger partial charge < -0.3 is 14.8 Å². The monoisotopic (exact) mass is 277 g/mol. The van der Waals surface area contributed by atoms with Crippen LogP contribution in [0.1, 0.15) is 25.0 Å². The van der Waals surface area contributed by atoms with E-state index in [2.05, 4.69) is 23.2 Å². The third-order valence-electron chi connectivity index (χ3n) is 4.09. The van der Waals surface area contributed by atoms with Crippen molar-refractivity contribution in [3.8, 4) is 0 Å². The molecule has 102 valence electrons. The quantitative estimate of drug-likeness (QED) is 0.782. The first kappa shape index (κ1) is 12.7. The van der Waals surface area contributed by atoms with Gasteiger partial charge in [-0.05, 0) is 37.5 Å². The Morgan fingerprint density at radius 2 is 2.26 bits per heavy atom. The maximum absolute atomic E-state index is 11.9.